The van der Waals surface area contributed by atoms with Gasteiger partial charge in [-0.2, -0.15) is 4.31 Å². The Labute approximate surface area is 188 Å². The van der Waals surface area contributed by atoms with E-state index in [-0.39, 0.29) is 23.5 Å². The molecule has 0 radical (unpaired) electrons. The van der Waals surface area contributed by atoms with Crippen LogP contribution in [0.25, 0.3) is 0 Å². The SMILES string of the molecule is COc1ccc(S(=O)(=O)N2CCC(C(=O)NC(C)(C)c3ccc4c(c3)OCO4)CC2)cc1. The number of piperidine rings is 1. The molecule has 0 atom stereocenters. The standard InChI is InChI=1S/C23H28N2O6S/c1-23(2,17-4-9-20-21(14-17)31-15-30-20)24-22(26)16-10-12-25(13-11-16)32(27,28)19-7-5-18(29-3)6-8-19/h4-9,14,16H,10-13,15H2,1-3H3,(H,24,26). The number of methoxy groups -OCH3 is 1. The van der Waals surface area contributed by atoms with E-state index in [0.717, 1.165) is 5.56 Å². The van der Waals surface area contributed by atoms with E-state index in [9.17, 15) is 13.2 Å². The zero-order valence-electron chi connectivity index (χ0n) is 18.5. The van der Waals surface area contributed by atoms with Crippen molar-refractivity contribution in [2.45, 2.75) is 37.1 Å². The smallest absolute Gasteiger partial charge is 0.243 e. The third kappa shape index (κ3) is 4.40. The molecule has 9 heteroatoms. The molecular weight excluding hydrogens is 432 g/mol. The van der Waals surface area contributed by atoms with Crippen LogP contribution in [-0.4, -0.2) is 45.6 Å². The zero-order chi connectivity index (χ0) is 22.9. The number of rotatable bonds is 6. The highest BCUT2D eigenvalue weighted by molar-refractivity contribution is 7.89. The van der Waals surface area contributed by atoms with Crippen molar-refractivity contribution >= 4 is 15.9 Å². The summed E-state index contributed by atoms with van der Waals surface area (Å²) in [6, 6.07) is 12.0. The highest BCUT2D eigenvalue weighted by Crippen LogP contribution is 2.36. The van der Waals surface area contributed by atoms with Gasteiger partial charge in [-0.25, -0.2) is 8.42 Å². The van der Waals surface area contributed by atoms with Crippen molar-refractivity contribution < 1.29 is 27.4 Å². The van der Waals surface area contributed by atoms with Crippen LogP contribution in [0.3, 0.4) is 0 Å². The van der Waals surface area contributed by atoms with Gasteiger partial charge in [-0.3, -0.25) is 4.79 Å². The van der Waals surface area contributed by atoms with Gasteiger partial charge in [0.15, 0.2) is 11.5 Å². The number of sulfonamides is 1. The molecule has 1 saturated heterocycles. The maximum absolute atomic E-state index is 13.0. The minimum absolute atomic E-state index is 0.0748. The predicted molar refractivity (Wildman–Crippen MR) is 118 cm³/mol. The Balaban J connectivity index is 1.37. The number of carbonyl (C=O) groups excluding carboxylic acids is 1. The first kappa shape index (κ1) is 22.4. The molecule has 0 bridgehead atoms. The zero-order valence-corrected chi connectivity index (χ0v) is 19.3. The molecule has 0 spiro atoms. The largest absolute Gasteiger partial charge is 0.497 e. The molecule has 0 saturated carbocycles. The number of hydrogen-bond acceptors (Lipinski definition) is 6. The molecule has 32 heavy (non-hydrogen) atoms. The van der Waals surface area contributed by atoms with Gasteiger partial charge >= 0.3 is 0 Å². The minimum atomic E-state index is -3.60. The molecule has 1 amide bonds. The van der Waals surface area contributed by atoms with Crippen LogP contribution in [0.1, 0.15) is 32.3 Å². The average Bonchev–Trinajstić information content (AvgIpc) is 3.27. The Morgan fingerprint density at radius 3 is 2.38 bits per heavy atom. The Morgan fingerprint density at radius 1 is 1.06 bits per heavy atom. The summed E-state index contributed by atoms with van der Waals surface area (Å²) in [6.45, 7) is 4.68. The van der Waals surface area contributed by atoms with Gasteiger partial charge in [-0.05, 0) is 68.7 Å². The highest BCUT2D eigenvalue weighted by atomic mass is 32.2. The Hall–Kier alpha value is -2.78. The van der Waals surface area contributed by atoms with E-state index in [1.165, 1.54) is 11.4 Å². The molecule has 2 aliphatic heterocycles. The lowest BCUT2D eigenvalue weighted by Gasteiger charge is -2.33. The van der Waals surface area contributed by atoms with Gasteiger partial charge in [0.25, 0.3) is 0 Å². The number of fused-ring (bicyclic) bond motifs is 1. The quantitative estimate of drug-likeness (QED) is 0.713. The van der Waals surface area contributed by atoms with E-state index < -0.39 is 15.6 Å². The second-order valence-corrected chi connectivity index (χ2v) is 10.5. The molecule has 0 aromatic heterocycles. The lowest BCUT2D eigenvalue weighted by atomic mass is 9.91. The van der Waals surface area contributed by atoms with Gasteiger partial charge in [-0.15, -0.1) is 0 Å². The molecule has 0 aliphatic carbocycles. The normalized spacial score (nSPS) is 17.2. The first-order chi connectivity index (χ1) is 15.2. The summed E-state index contributed by atoms with van der Waals surface area (Å²) in [6.07, 6.45) is 0.941. The van der Waals surface area contributed by atoms with Gasteiger partial charge < -0.3 is 19.5 Å². The second kappa shape index (κ2) is 8.63. The topological polar surface area (TPSA) is 94.2 Å². The molecule has 2 aliphatic rings. The molecule has 2 aromatic rings. The summed E-state index contributed by atoms with van der Waals surface area (Å²) in [5.41, 5.74) is 0.305. The van der Waals surface area contributed by atoms with E-state index in [1.807, 2.05) is 32.0 Å². The lowest BCUT2D eigenvalue weighted by Crippen LogP contribution is -2.47. The molecule has 8 nitrogen and oxygen atoms in total. The average molecular weight is 461 g/mol. The van der Waals surface area contributed by atoms with Crippen molar-refractivity contribution in [3.8, 4) is 17.2 Å². The van der Waals surface area contributed by atoms with E-state index in [1.54, 1.807) is 24.3 Å². The van der Waals surface area contributed by atoms with Gasteiger partial charge in [0.2, 0.25) is 22.7 Å². The summed E-state index contributed by atoms with van der Waals surface area (Å²) < 4.78 is 43.2. The molecular formula is C23H28N2O6S. The maximum atomic E-state index is 13.0. The number of nitrogens with zero attached hydrogens (tertiary/aromatic N) is 1. The fraction of sp³-hybridized carbons (Fsp3) is 0.435. The third-order valence-corrected chi connectivity index (χ3v) is 7.96. The van der Waals surface area contributed by atoms with Crippen LogP contribution < -0.4 is 19.5 Å². The fourth-order valence-electron chi connectivity index (χ4n) is 4.02. The lowest BCUT2D eigenvalue weighted by molar-refractivity contribution is -0.127. The number of nitrogens with one attached hydrogen (secondary N) is 1. The van der Waals surface area contributed by atoms with E-state index >= 15 is 0 Å². The molecule has 1 fully saturated rings. The van der Waals surface area contributed by atoms with Crippen LogP contribution in [0.4, 0.5) is 0 Å². The molecule has 0 unspecified atom stereocenters. The molecule has 2 heterocycles. The number of ether oxygens (including phenoxy) is 3. The van der Waals surface area contributed by atoms with Gasteiger partial charge in [-0.1, -0.05) is 6.07 Å². The van der Waals surface area contributed by atoms with Crippen LogP contribution in [0.2, 0.25) is 0 Å². The van der Waals surface area contributed by atoms with Crippen LogP contribution >= 0.6 is 0 Å². The summed E-state index contributed by atoms with van der Waals surface area (Å²) in [4.78, 5) is 13.2. The maximum Gasteiger partial charge on any atom is 0.243 e. The molecule has 172 valence electrons. The van der Waals surface area contributed by atoms with E-state index in [0.29, 0.717) is 43.2 Å². The third-order valence-electron chi connectivity index (χ3n) is 6.05. The van der Waals surface area contributed by atoms with Crippen molar-refractivity contribution in [2.75, 3.05) is 27.0 Å². The summed E-state index contributed by atoms with van der Waals surface area (Å²) in [5, 5.41) is 3.11. The molecule has 1 N–H and O–H groups in total. The van der Waals surface area contributed by atoms with Gasteiger partial charge in [0, 0.05) is 19.0 Å². The van der Waals surface area contributed by atoms with E-state index in [2.05, 4.69) is 5.32 Å². The van der Waals surface area contributed by atoms with Crippen molar-refractivity contribution in [2.24, 2.45) is 5.92 Å². The predicted octanol–water partition coefficient (Wildman–Crippen LogP) is 2.88. The van der Waals surface area contributed by atoms with Crippen LogP contribution in [0.5, 0.6) is 17.2 Å². The van der Waals surface area contributed by atoms with Crippen molar-refractivity contribution in [3.63, 3.8) is 0 Å². The highest BCUT2D eigenvalue weighted by Gasteiger charge is 2.34. The number of amides is 1. The van der Waals surface area contributed by atoms with Crippen molar-refractivity contribution in [1.82, 2.24) is 9.62 Å². The summed E-state index contributed by atoms with van der Waals surface area (Å²) in [7, 11) is -2.06. The number of hydrogen-bond donors (Lipinski definition) is 1. The first-order valence-electron chi connectivity index (χ1n) is 10.6. The Kier molecular flexibility index (Phi) is 6.05. The fourth-order valence-corrected chi connectivity index (χ4v) is 5.49. The summed E-state index contributed by atoms with van der Waals surface area (Å²) >= 11 is 0. The van der Waals surface area contributed by atoms with Crippen LogP contribution in [-0.2, 0) is 20.4 Å². The van der Waals surface area contributed by atoms with Crippen molar-refractivity contribution in [3.05, 3.63) is 48.0 Å². The van der Waals surface area contributed by atoms with Crippen LogP contribution in [0.15, 0.2) is 47.4 Å². The summed E-state index contributed by atoms with van der Waals surface area (Å²) in [5.74, 6) is 1.65. The number of carbonyl (C=O) groups is 1. The molecule has 4 rings (SSSR count). The van der Waals surface area contributed by atoms with Gasteiger partial charge in [0.05, 0.1) is 17.5 Å². The van der Waals surface area contributed by atoms with Crippen molar-refractivity contribution in [1.29, 1.82) is 0 Å². The van der Waals surface area contributed by atoms with E-state index in [4.69, 9.17) is 14.2 Å². The minimum Gasteiger partial charge on any atom is -0.497 e. The Morgan fingerprint density at radius 2 is 1.72 bits per heavy atom. The van der Waals surface area contributed by atoms with Gasteiger partial charge in [0.1, 0.15) is 5.75 Å². The first-order valence-corrected chi connectivity index (χ1v) is 12.0. The second-order valence-electron chi connectivity index (χ2n) is 8.54. The monoisotopic (exact) mass is 460 g/mol. The number of benzene rings is 2. The van der Waals surface area contributed by atoms with Crippen LogP contribution in [0, 0.1) is 5.92 Å². The Bertz CT molecular complexity index is 1090. The molecule has 2 aromatic carbocycles.